The van der Waals surface area contributed by atoms with E-state index in [4.69, 9.17) is 4.74 Å². The van der Waals surface area contributed by atoms with Gasteiger partial charge in [-0.3, -0.25) is 19.3 Å². The molecule has 3 heterocycles. The Morgan fingerprint density at radius 3 is 2.59 bits per heavy atom. The van der Waals surface area contributed by atoms with Gasteiger partial charge in [-0.05, 0) is 24.3 Å². The number of benzene rings is 1. The van der Waals surface area contributed by atoms with Crippen LogP contribution in [0.2, 0.25) is 0 Å². The van der Waals surface area contributed by atoms with Crippen molar-refractivity contribution in [3.05, 3.63) is 48.7 Å². The predicted octanol–water partition coefficient (Wildman–Crippen LogP) is 0.568. The summed E-state index contributed by atoms with van der Waals surface area (Å²) in [6, 6.07) is 12.1. The molecule has 0 saturated carbocycles. The average Bonchev–Trinajstić information content (AvgIpc) is 2.86. The highest BCUT2D eigenvalue weighted by Crippen LogP contribution is 2.23. The Morgan fingerprint density at radius 2 is 1.85 bits per heavy atom. The number of hydrogen-bond acceptors (Lipinski definition) is 7. The first-order valence-corrected chi connectivity index (χ1v) is 11.4. The van der Waals surface area contributed by atoms with Crippen LogP contribution < -0.4 is 20.3 Å². The number of piperazine rings is 2. The lowest BCUT2D eigenvalue weighted by Gasteiger charge is -2.38. The van der Waals surface area contributed by atoms with Crippen LogP contribution >= 0.6 is 0 Å². The Bertz CT molecular complexity index is 1010. The molecule has 10 nitrogen and oxygen atoms in total. The average molecular weight is 467 g/mol. The number of pyridine rings is 1. The van der Waals surface area contributed by atoms with Crippen LogP contribution in [-0.4, -0.2) is 91.5 Å². The molecule has 3 amide bonds. The van der Waals surface area contributed by atoms with Gasteiger partial charge in [-0.2, -0.15) is 0 Å². The molecule has 2 N–H and O–H groups in total. The summed E-state index contributed by atoms with van der Waals surface area (Å²) in [7, 11) is 1.52. The topological polar surface area (TPSA) is 107 Å². The molecule has 2 aliphatic rings. The Morgan fingerprint density at radius 1 is 1.09 bits per heavy atom. The summed E-state index contributed by atoms with van der Waals surface area (Å²) in [5, 5.41) is 5.56. The number of methoxy groups -OCH3 is 1. The van der Waals surface area contributed by atoms with Gasteiger partial charge in [0.15, 0.2) is 0 Å². The van der Waals surface area contributed by atoms with E-state index < -0.39 is 6.04 Å². The van der Waals surface area contributed by atoms with Crippen LogP contribution in [0.15, 0.2) is 48.7 Å². The minimum absolute atomic E-state index is 0.122. The fourth-order valence-corrected chi connectivity index (χ4v) is 4.30. The minimum atomic E-state index is -0.842. The molecule has 2 saturated heterocycles. The normalized spacial score (nSPS) is 18.9. The van der Waals surface area contributed by atoms with E-state index in [1.807, 2.05) is 18.2 Å². The molecule has 180 valence electrons. The number of nitrogens with one attached hydrogen (secondary N) is 2. The van der Waals surface area contributed by atoms with Crippen molar-refractivity contribution in [2.24, 2.45) is 0 Å². The van der Waals surface area contributed by atoms with Gasteiger partial charge in [0.05, 0.1) is 25.8 Å². The molecule has 1 atom stereocenters. The van der Waals surface area contributed by atoms with Crippen LogP contribution in [0.5, 0.6) is 5.75 Å². The second kappa shape index (κ2) is 11.0. The van der Waals surface area contributed by atoms with E-state index in [-0.39, 0.29) is 30.7 Å². The van der Waals surface area contributed by atoms with Crippen molar-refractivity contribution < 1.29 is 19.1 Å². The SMILES string of the molecule is COc1ccccc1NC(=O)C[C@H]1C(=O)NCCN1C(=O)CN1CCN(c2ccccn2)CC1. The van der Waals surface area contributed by atoms with E-state index in [0.29, 0.717) is 24.5 Å². The predicted molar refractivity (Wildman–Crippen MR) is 128 cm³/mol. The number of amides is 3. The molecule has 4 rings (SSSR count). The number of aromatic nitrogens is 1. The molecular weight excluding hydrogens is 436 g/mol. The Kier molecular flexibility index (Phi) is 7.58. The van der Waals surface area contributed by atoms with Crippen molar-refractivity contribution in [1.29, 1.82) is 0 Å². The number of para-hydroxylation sites is 2. The second-order valence-corrected chi connectivity index (χ2v) is 8.30. The zero-order chi connectivity index (χ0) is 23.9. The molecule has 2 aliphatic heterocycles. The number of anilines is 2. The van der Waals surface area contributed by atoms with Gasteiger partial charge in [0.25, 0.3) is 0 Å². The molecular formula is C24H30N6O4. The summed E-state index contributed by atoms with van der Waals surface area (Å²) >= 11 is 0. The van der Waals surface area contributed by atoms with Crippen LogP contribution in [0.1, 0.15) is 6.42 Å². The zero-order valence-corrected chi connectivity index (χ0v) is 19.3. The molecule has 0 bridgehead atoms. The van der Waals surface area contributed by atoms with Gasteiger partial charge < -0.3 is 25.2 Å². The highest BCUT2D eigenvalue weighted by molar-refractivity contribution is 5.98. The zero-order valence-electron chi connectivity index (χ0n) is 19.3. The van der Waals surface area contributed by atoms with Crippen molar-refractivity contribution >= 4 is 29.2 Å². The van der Waals surface area contributed by atoms with Crippen molar-refractivity contribution in [2.45, 2.75) is 12.5 Å². The number of carbonyl (C=O) groups is 3. The summed E-state index contributed by atoms with van der Waals surface area (Å²) in [6.45, 7) is 3.97. The third-order valence-electron chi connectivity index (χ3n) is 6.12. The first kappa shape index (κ1) is 23.5. The fraction of sp³-hybridized carbons (Fsp3) is 0.417. The standard InChI is InChI=1S/C24H30N6O4/c1-34-20-7-3-2-6-18(20)27-22(31)16-19-24(33)26-10-11-30(19)23(32)17-28-12-14-29(15-13-28)21-8-4-5-9-25-21/h2-9,19H,10-17H2,1H3,(H,26,33)(H,27,31)/t19-/m0/s1. The minimum Gasteiger partial charge on any atom is -0.495 e. The number of ether oxygens (including phenoxy) is 1. The van der Waals surface area contributed by atoms with Crippen LogP contribution in [-0.2, 0) is 14.4 Å². The Labute approximate surface area is 198 Å². The summed E-state index contributed by atoms with van der Waals surface area (Å²) in [6.07, 6.45) is 1.65. The summed E-state index contributed by atoms with van der Waals surface area (Å²) in [5.41, 5.74) is 0.523. The Hall–Kier alpha value is -3.66. The number of rotatable bonds is 7. The van der Waals surface area contributed by atoms with Crippen molar-refractivity contribution in [3.63, 3.8) is 0 Å². The van der Waals surface area contributed by atoms with Gasteiger partial charge in [-0.1, -0.05) is 18.2 Å². The maximum atomic E-state index is 13.1. The maximum absolute atomic E-state index is 13.1. The fourth-order valence-electron chi connectivity index (χ4n) is 4.30. The number of carbonyl (C=O) groups excluding carboxylic acids is 3. The molecule has 0 unspecified atom stereocenters. The number of nitrogens with zero attached hydrogens (tertiary/aromatic N) is 4. The first-order chi connectivity index (χ1) is 16.5. The molecule has 0 aliphatic carbocycles. The van der Waals surface area contributed by atoms with E-state index >= 15 is 0 Å². The van der Waals surface area contributed by atoms with Crippen molar-refractivity contribution in [3.8, 4) is 5.75 Å². The largest absolute Gasteiger partial charge is 0.495 e. The quantitative estimate of drug-likeness (QED) is 0.614. The first-order valence-electron chi connectivity index (χ1n) is 11.4. The van der Waals surface area contributed by atoms with Gasteiger partial charge in [-0.15, -0.1) is 0 Å². The smallest absolute Gasteiger partial charge is 0.243 e. The monoisotopic (exact) mass is 466 g/mol. The Balaban J connectivity index is 1.34. The molecule has 2 fully saturated rings. The summed E-state index contributed by atoms with van der Waals surface area (Å²) in [5.74, 6) is 0.656. The van der Waals surface area contributed by atoms with Gasteiger partial charge in [-0.25, -0.2) is 4.98 Å². The molecule has 10 heteroatoms. The third-order valence-corrected chi connectivity index (χ3v) is 6.12. The lowest BCUT2D eigenvalue weighted by Crippen LogP contribution is -2.60. The maximum Gasteiger partial charge on any atom is 0.243 e. The molecule has 0 spiro atoms. The highest BCUT2D eigenvalue weighted by atomic mass is 16.5. The van der Waals surface area contributed by atoms with Crippen LogP contribution in [0.25, 0.3) is 0 Å². The highest BCUT2D eigenvalue weighted by Gasteiger charge is 2.35. The van der Waals surface area contributed by atoms with Crippen LogP contribution in [0, 0.1) is 0 Å². The molecule has 0 radical (unpaired) electrons. The van der Waals surface area contributed by atoms with E-state index in [0.717, 1.165) is 32.0 Å². The van der Waals surface area contributed by atoms with Crippen LogP contribution in [0.3, 0.4) is 0 Å². The third kappa shape index (κ3) is 5.63. The molecule has 1 aromatic carbocycles. The van der Waals surface area contributed by atoms with Gasteiger partial charge in [0.2, 0.25) is 17.7 Å². The van der Waals surface area contributed by atoms with E-state index in [1.165, 1.54) is 12.0 Å². The van der Waals surface area contributed by atoms with Crippen LogP contribution in [0.4, 0.5) is 11.5 Å². The lowest BCUT2D eigenvalue weighted by molar-refractivity contribution is -0.145. The van der Waals surface area contributed by atoms with E-state index in [2.05, 4.69) is 25.4 Å². The summed E-state index contributed by atoms with van der Waals surface area (Å²) in [4.78, 5) is 48.6. The summed E-state index contributed by atoms with van der Waals surface area (Å²) < 4.78 is 5.27. The van der Waals surface area contributed by atoms with E-state index in [9.17, 15) is 14.4 Å². The van der Waals surface area contributed by atoms with Gasteiger partial charge in [0.1, 0.15) is 17.6 Å². The molecule has 34 heavy (non-hydrogen) atoms. The van der Waals surface area contributed by atoms with Gasteiger partial charge >= 0.3 is 0 Å². The van der Waals surface area contributed by atoms with Gasteiger partial charge in [0, 0.05) is 45.5 Å². The number of hydrogen-bond donors (Lipinski definition) is 2. The molecule has 2 aromatic rings. The van der Waals surface area contributed by atoms with E-state index in [1.54, 1.807) is 30.5 Å². The van der Waals surface area contributed by atoms with Crippen molar-refractivity contribution in [1.82, 2.24) is 20.1 Å². The second-order valence-electron chi connectivity index (χ2n) is 8.30. The lowest BCUT2D eigenvalue weighted by atomic mass is 10.1. The van der Waals surface area contributed by atoms with Crippen molar-refractivity contribution in [2.75, 3.05) is 63.1 Å². The molecule has 1 aromatic heterocycles.